The molecule has 0 saturated carbocycles. The predicted molar refractivity (Wildman–Crippen MR) is 118 cm³/mol. The standard InChI is InChI=1S/2C11H9.C2H4.2ClH.Ti/c2*1-9-5-2-3-6-10-7-4-8-11(9)10;1-2;;;/h2*2-6,8H,1H3;1H,2H3;2*1H;/q;;;;;+2/p-2. The number of fused-ring (bicyclic) bond motifs is 2. The van der Waals surface area contributed by atoms with Crippen molar-refractivity contribution < 1.29 is 12.7 Å². The van der Waals surface area contributed by atoms with Gasteiger partial charge in [-0.2, -0.15) is 0 Å². The topological polar surface area (TPSA) is 0 Å². The van der Waals surface area contributed by atoms with E-state index < -0.39 is 12.7 Å². The van der Waals surface area contributed by atoms with Crippen LogP contribution in [0.5, 0.6) is 0 Å². The van der Waals surface area contributed by atoms with Crippen LogP contribution in [0.4, 0.5) is 0 Å². The number of hydrogen-bond acceptors (Lipinski definition) is 0. The molecule has 0 aromatic heterocycles. The molecule has 0 nitrogen and oxygen atoms in total. The second-order valence-corrected chi connectivity index (χ2v) is 20.6. The fraction of sp³-hybridized carbons (Fsp3) is 0.125. The molecule has 0 saturated heterocycles. The molecule has 0 heterocycles. The Morgan fingerprint density at radius 2 is 1.00 bits per heavy atom. The fourth-order valence-corrected chi connectivity index (χ4v) is 11.7. The molecule has 4 rings (SSSR count). The average molecular weight is 429 g/mol. The molecule has 0 spiro atoms. The van der Waals surface area contributed by atoms with Crippen molar-refractivity contribution in [3.8, 4) is 22.3 Å². The summed E-state index contributed by atoms with van der Waals surface area (Å²) < 4.78 is 4.27. The molecular weight excluding hydrogens is 407 g/mol. The van der Waals surface area contributed by atoms with Crippen molar-refractivity contribution in [1.29, 1.82) is 0 Å². The first-order chi connectivity index (χ1) is 12.9. The van der Waals surface area contributed by atoms with Crippen LogP contribution in [0.1, 0.15) is 18.1 Å². The molecule has 3 heteroatoms. The van der Waals surface area contributed by atoms with Crippen LogP contribution >= 0.6 is 18.6 Å². The van der Waals surface area contributed by atoms with E-state index in [1.54, 1.807) is 0 Å². The van der Waals surface area contributed by atoms with Crippen LogP contribution in [-0.4, -0.2) is 4.31 Å². The molecule has 27 heavy (non-hydrogen) atoms. The van der Waals surface area contributed by atoms with Crippen molar-refractivity contribution in [2.24, 2.45) is 0 Å². The second kappa shape index (κ2) is 6.57. The predicted octanol–water partition coefficient (Wildman–Crippen LogP) is 6.28. The van der Waals surface area contributed by atoms with Gasteiger partial charge in [0.1, 0.15) is 0 Å². The Labute approximate surface area is 169 Å². The first-order valence-electron chi connectivity index (χ1n) is 9.22. The first kappa shape index (κ1) is 18.9. The van der Waals surface area contributed by atoms with Gasteiger partial charge in [-0.15, -0.1) is 0 Å². The third-order valence-corrected chi connectivity index (χ3v) is 17.0. The van der Waals surface area contributed by atoms with E-state index >= 15 is 0 Å². The summed E-state index contributed by atoms with van der Waals surface area (Å²) in [6.07, 6.45) is 0. The summed E-state index contributed by atoms with van der Waals surface area (Å²) in [7, 11) is 15.1. The summed E-state index contributed by atoms with van der Waals surface area (Å²) in [6.45, 7) is 6.28. The minimum absolute atomic E-state index is 1.09. The molecule has 0 amide bonds. The summed E-state index contributed by atoms with van der Waals surface area (Å²) in [5.74, 6) is 0. The zero-order chi connectivity index (χ0) is 19.3. The fourth-order valence-electron chi connectivity index (χ4n) is 4.17. The Bertz CT molecular complexity index is 1080. The van der Waals surface area contributed by atoms with E-state index in [0.29, 0.717) is 0 Å². The van der Waals surface area contributed by atoms with Crippen molar-refractivity contribution in [1.82, 2.24) is 0 Å². The molecule has 0 atom stereocenters. The Morgan fingerprint density at radius 1 is 0.593 bits per heavy atom. The van der Waals surface area contributed by atoms with Crippen molar-refractivity contribution >= 4 is 30.7 Å². The molecule has 136 valence electrons. The van der Waals surface area contributed by atoms with Gasteiger partial charge >= 0.3 is 170 Å². The van der Waals surface area contributed by atoms with E-state index in [2.05, 4.69) is 91.0 Å². The van der Waals surface area contributed by atoms with Crippen LogP contribution in [0, 0.1) is 13.8 Å². The van der Waals surface area contributed by atoms with Gasteiger partial charge in [0.05, 0.1) is 0 Å². The molecular formula is C24H22Cl2Ti. The SMILES string of the molecule is C[CH]=[Ti]([Cl])([Cl])([c]1ccc2c(C)ccccc1-2)[c]1ccc2c(C)ccccc1-2. The van der Waals surface area contributed by atoms with Gasteiger partial charge in [0.15, 0.2) is 0 Å². The van der Waals surface area contributed by atoms with Crippen molar-refractivity contribution in [2.75, 3.05) is 0 Å². The molecule has 0 unspecified atom stereocenters. The number of hydrogen-bond donors (Lipinski definition) is 0. The first-order valence-corrected chi connectivity index (χ1v) is 16.0. The molecule has 0 aliphatic heterocycles. The van der Waals surface area contributed by atoms with Gasteiger partial charge in [-0.25, -0.2) is 0 Å². The van der Waals surface area contributed by atoms with Crippen LogP contribution < -0.4 is 7.74 Å². The van der Waals surface area contributed by atoms with Crippen molar-refractivity contribution in [2.45, 2.75) is 20.8 Å². The van der Waals surface area contributed by atoms with Crippen LogP contribution in [-0.2, 0) is 12.7 Å². The zero-order valence-electron chi connectivity index (χ0n) is 15.8. The van der Waals surface area contributed by atoms with Crippen LogP contribution in [0.25, 0.3) is 22.3 Å². The molecule has 0 aromatic rings. The number of rotatable bonds is 2. The van der Waals surface area contributed by atoms with Gasteiger partial charge in [0.25, 0.3) is 0 Å². The van der Waals surface area contributed by atoms with Crippen LogP contribution in [0.2, 0.25) is 0 Å². The maximum absolute atomic E-state index is 7.56. The van der Waals surface area contributed by atoms with E-state index in [9.17, 15) is 0 Å². The van der Waals surface area contributed by atoms with Crippen molar-refractivity contribution in [3.05, 3.63) is 83.9 Å². The monoisotopic (exact) mass is 428 g/mol. The summed E-state index contributed by atoms with van der Waals surface area (Å²) in [6, 6.07) is 25.4. The third-order valence-electron chi connectivity index (χ3n) is 5.78. The Morgan fingerprint density at radius 3 is 1.41 bits per heavy atom. The molecule has 0 aromatic carbocycles. The van der Waals surface area contributed by atoms with Gasteiger partial charge in [-0.1, -0.05) is 0 Å². The van der Waals surface area contributed by atoms with Gasteiger partial charge < -0.3 is 0 Å². The second-order valence-electron chi connectivity index (χ2n) is 7.32. The zero-order valence-corrected chi connectivity index (χ0v) is 18.8. The Balaban J connectivity index is 2.07. The van der Waals surface area contributed by atoms with Crippen LogP contribution in [0.15, 0.2) is 72.8 Å². The maximum atomic E-state index is 7.56. The molecule has 0 bridgehead atoms. The summed E-state index contributed by atoms with van der Waals surface area (Å²) in [5, 5.41) is 0. The van der Waals surface area contributed by atoms with Gasteiger partial charge in [0.2, 0.25) is 0 Å². The van der Waals surface area contributed by atoms with Crippen LogP contribution in [0.3, 0.4) is 0 Å². The molecule has 0 fully saturated rings. The Hall–Kier alpha value is -1.44. The number of aryl methyl sites for hydroxylation is 2. The quantitative estimate of drug-likeness (QED) is 0.329. The van der Waals surface area contributed by atoms with E-state index in [1.807, 2.05) is 6.92 Å². The normalized spacial score (nSPS) is 12.5. The van der Waals surface area contributed by atoms with E-state index in [1.165, 1.54) is 22.3 Å². The van der Waals surface area contributed by atoms with Crippen molar-refractivity contribution in [3.63, 3.8) is 0 Å². The molecule has 0 radical (unpaired) electrons. The minimum atomic E-state index is -4.36. The van der Waals surface area contributed by atoms with E-state index in [0.717, 1.165) is 18.9 Å². The number of halogens is 2. The molecule has 4 aliphatic carbocycles. The molecule has 4 aliphatic rings. The van der Waals surface area contributed by atoms with Gasteiger partial charge in [-0.05, 0) is 0 Å². The Kier molecular flexibility index (Phi) is 4.60. The van der Waals surface area contributed by atoms with Gasteiger partial charge in [-0.3, -0.25) is 0 Å². The summed E-state index contributed by atoms with van der Waals surface area (Å²) in [4.78, 5) is 0. The van der Waals surface area contributed by atoms with Gasteiger partial charge in [0, 0.05) is 0 Å². The van der Waals surface area contributed by atoms with E-state index in [-0.39, 0.29) is 0 Å². The van der Waals surface area contributed by atoms with E-state index in [4.69, 9.17) is 18.6 Å². The average Bonchev–Trinajstić information content (AvgIpc) is 3.19. The third kappa shape index (κ3) is 2.82. The molecule has 0 N–H and O–H groups in total. The summed E-state index contributed by atoms with van der Waals surface area (Å²) in [5.41, 5.74) is 7.20. The summed E-state index contributed by atoms with van der Waals surface area (Å²) >= 11 is -4.36.